The molecule has 25 heavy (non-hydrogen) atoms. The van der Waals surface area contributed by atoms with Gasteiger partial charge in [-0.05, 0) is 55.8 Å². The second kappa shape index (κ2) is 7.01. The SMILES string of the molecule is Cn1cccc1[C@@H]1CCCN1CC(=O)Nc1ccc(S(C)(=O)=O)cc1. The molecular weight excluding hydrogens is 338 g/mol. The first kappa shape index (κ1) is 17.7. The number of benzene rings is 1. The minimum Gasteiger partial charge on any atom is -0.353 e. The number of hydrogen-bond acceptors (Lipinski definition) is 4. The molecule has 0 aliphatic carbocycles. The zero-order chi connectivity index (χ0) is 18.0. The summed E-state index contributed by atoms with van der Waals surface area (Å²) >= 11 is 0. The van der Waals surface area contributed by atoms with E-state index in [1.54, 1.807) is 12.1 Å². The molecule has 1 saturated heterocycles. The number of anilines is 1. The lowest BCUT2D eigenvalue weighted by atomic mass is 10.1. The molecule has 1 fully saturated rings. The average Bonchev–Trinajstić information content (AvgIpc) is 3.15. The number of nitrogens with zero attached hydrogens (tertiary/aromatic N) is 2. The minimum atomic E-state index is -3.23. The lowest BCUT2D eigenvalue weighted by Crippen LogP contribution is -2.33. The van der Waals surface area contributed by atoms with Gasteiger partial charge in [-0.25, -0.2) is 8.42 Å². The van der Waals surface area contributed by atoms with E-state index in [-0.39, 0.29) is 16.8 Å². The Morgan fingerprint density at radius 1 is 1.24 bits per heavy atom. The summed E-state index contributed by atoms with van der Waals surface area (Å²) in [6, 6.07) is 10.6. The van der Waals surface area contributed by atoms with Crippen LogP contribution in [-0.4, -0.2) is 43.1 Å². The second-order valence-corrected chi connectivity index (χ2v) is 8.53. The van der Waals surface area contributed by atoms with E-state index in [0.29, 0.717) is 12.2 Å². The predicted octanol–water partition coefficient (Wildman–Crippen LogP) is 2.20. The van der Waals surface area contributed by atoms with Crippen LogP contribution in [0.2, 0.25) is 0 Å². The van der Waals surface area contributed by atoms with Crippen LogP contribution in [0.15, 0.2) is 47.5 Å². The van der Waals surface area contributed by atoms with Crippen molar-refractivity contribution in [3.8, 4) is 0 Å². The number of nitrogens with one attached hydrogen (secondary N) is 1. The Morgan fingerprint density at radius 3 is 2.56 bits per heavy atom. The third kappa shape index (κ3) is 4.11. The number of sulfone groups is 1. The monoisotopic (exact) mass is 361 g/mol. The van der Waals surface area contributed by atoms with Gasteiger partial charge in [0.1, 0.15) is 0 Å². The summed E-state index contributed by atoms with van der Waals surface area (Å²) in [6.45, 7) is 1.22. The Labute approximate surface area is 148 Å². The first-order chi connectivity index (χ1) is 11.8. The van der Waals surface area contributed by atoms with Crippen LogP contribution in [0.4, 0.5) is 5.69 Å². The fraction of sp³-hybridized carbons (Fsp3) is 0.389. The third-order valence-corrected chi connectivity index (χ3v) is 5.73. The summed E-state index contributed by atoms with van der Waals surface area (Å²) in [5.41, 5.74) is 1.83. The highest BCUT2D eigenvalue weighted by Crippen LogP contribution is 2.31. The van der Waals surface area contributed by atoms with E-state index in [9.17, 15) is 13.2 Å². The van der Waals surface area contributed by atoms with Crippen LogP contribution in [0.3, 0.4) is 0 Å². The Morgan fingerprint density at radius 2 is 1.96 bits per heavy atom. The van der Waals surface area contributed by atoms with Crippen molar-refractivity contribution in [2.75, 3.05) is 24.7 Å². The number of amides is 1. The van der Waals surface area contributed by atoms with Crippen LogP contribution >= 0.6 is 0 Å². The highest BCUT2D eigenvalue weighted by molar-refractivity contribution is 7.90. The van der Waals surface area contributed by atoms with E-state index >= 15 is 0 Å². The zero-order valence-electron chi connectivity index (χ0n) is 14.5. The molecule has 1 atom stereocenters. The van der Waals surface area contributed by atoms with Crippen LogP contribution in [0, 0.1) is 0 Å². The van der Waals surface area contributed by atoms with Gasteiger partial charge in [0.2, 0.25) is 5.91 Å². The molecule has 1 N–H and O–H groups in total. The van der Waals surface area contributed by atoms with Crippen molar-refractivity contribution in [2.45, 2.75) is 23.8 Å². The number of carbonyl (C=O) groups is 1. The molecule has 1 aromatic heterocycles. The Hall–Kier alpha value is -2.12. The highest BCUT2D eigenvalue weighted by atomic mass is 32.2. The van der Waals surface area contributed by atoms with Gasteiger partial charge < -0.3 is 9.88 Å². The maximum atomic E-state index is 12.4. The van der Waals surface area contributed by atoms with Gasteiger partial charge in [0.15, 0.2) is 9.84 Å². The lowest BCUT2D eigenvalue weighted by Gasteiger charge is -2.24. The molecule has 1 aromatic carbocycles. The number of aromatic nitrogens is 1. The summed E-state index contributed by atoms with van der Waals surface area (Å²) in [4.78, 5) is 14.8. The van der Waals surface area contributed by atoms with Crippen molar-refractivity contribution in [3.63, 3.8) is 0 Å². The van der Waals surface area contributed by atoms with E-state index in [2.05, 4.69) is 20.9 Å². The molecule has 1 aliphatic heterocycles. The van der Waals surface area contributed by atoms with Crippen molar-refractivity contribution < 1.29 is 13.2 Å². The van der Waals surface area contributed by atoms with E-state index in [1.807, 2.05) is 19.3 Å². The van der Waals surface area contributed by atoms with Crippen molar-refractivity contribution in [1.29, 1.82) is 0 Å². The van der Waals surface area contributed by atoms with E-state index in [4.69, 9.17) is 0 Å². The van der Waals surface area contributed by atoms with Crippen LogP contribution in [-0.2, 0) is 21.7 Å². The van der Waals surface area contributed by atoms with Gasteiger partial charge in [-0.1, -0.05) is 0 Å². The number of hydrogen-bond donors (Lipinski definition) is 1. The fourth-order valence-corrected chi connectivity index (χ4v) is 3.97. The molecule has 1 aliphatic rings. The minimum absolute atomic E-state index is 0.0896. The Bertz CT molecular complexity index is 856. The summed E-state index contributed by atoms with van der Waals surface area (Å²) in [7, 11) is -1.20. The molecule has 134 valence electrons. The third-order valence-electron chi connectivity index (χ3n) is 4.60. The summed E-state index contributed by atoms with van der Waals surface area (Å²) in [6.07, 6.45) is 5.31. The lowest BCUT2D eigenvalue weighted by molar-refractivity contribution is -0.117. The predicted molar refractivity (Wildman–Crippen MR) is 97.1 cm³/mol. The molecular formula is C18H23N3O3S. The van der Waals surface area contributed by atoms with Crippen molar-refractivity contribution >= 4 is 21.4 Å². The van der Waals surface area contributed by atoms with Gasteiger partial charge in [0.05, 0.1) is 17.5 Å². The maximum Gasteiger partial charge on any atom is 0.238 e. The average molecular weight is 361 g/mol. The standard InChI is InChI=1S/C18H23N3O3S/c1-20-11-3-5-16(20)17-6-4-12-21(17)13-18(22)19-14-7-9-15(10-8-14)25(2,23)24/h3,5,7-11,17H,4,6,12-13H2,1-2H3,(H,19,22)/t17-/m0/s1. The van der Waals surface area contributed by atoms with Gasteiger partial charge in [0.25, 0.3) is 0 Å². The quantitative estimate of drug-likeness (QED) is 0.886. The Balaban J connectivity index is 1.63. The number of carbonyl (C=O) groups excluding carboxylic acids is 1. The molecule has 0 bridgehead atoms. The van der Waals surface area contributed by atoms with E-state index in [1.165, 1.54) is 17.8 Å². The summed E-state index contributed by atoms with van der Waals surface area (Å²) < 4.78 is 25.1. The van der Waals surface area contributed by atoms with Gasteiger partial charge in [0, 0.05) is 30.9 Å². The normalized spacial score (nSPS) is 18.4. The zero-order valence-corrected chi connectivity index (χ0v) is 15.3. The number of rotatable bonds is 5. The highest BCUT2D eigenvalue weighted by Gasteiger charge is 2.28. The maximum absolute atomic E-state index is 12.4. The van der Waals surface area contributed by atoms with Crippen molar-refractivity contribution in [1.82, 2.24) is 9.47 Å². The largest absolute Gasteiger partial charge is 0.353 e. The van der Waals surface area contributed by atoms with E-state index in [0.717, 1.165) is 25.6 Å². The van der Waals surface area contributed by atoms with Gasteiger partial charge in [-0.2, -0.15) is 0 Å². The number of likely N-dealkylation sites (tertiary alicyclic amines) is 1. The van der Waals surface area contributed by atoms with Gasteiger partial charge in [-0.15, -0.1) is 0 Å². The second-order valence-electron chi connectivity index (χ2n) is 6.52. The van der Waals surface area contributed by atoms with Crippen molar-refractivity contribution in [3.05, 3.63) is 48.3 Å². The molecule has 0 spiro atoms. The van der Waals surface area contributed by atoms with Crippen LogP contribution in [0.1, 0.15) is 24.6 Å². The summed E-state index contributed by atoms with van der Waals surface area (Å²) in [5, 5.41) is 2.85. The molecule has 1 amide bonds. The molecule has 0 radical (unpaired) electrons. The number of aryl methyl sites for hydroxylation is 1. The van der Waals surface area contributed by atoms with Gasteiger partial charge >= 0.3 is 0 Å². The van der Waals surface area contributed by atoms with Crippen molar-refractivity contribution in [2.24, 2.45) is 7.05 Å². The molecule has 0 unspecified atom stereocenters. The molecule has 7 heteroatoms. The summed E-state index contributed by atoms with van der Waals surface area (Å²) in [5.74, 6) is -0.0896. The van der Waals surface area contributed by atoms with Crippen LogP contribution < -0.4 is 5.32 Å². The Kier molecular flexibility index (Phi) is 4.96. The molecule has 2 aromatic rings. The topological polar surface area (TPSA) is 71.4 Å². The molecule has 2 heterocycles. The van der Waals surface area contributed by atoms with Crippen LogP contribution in [0.5, 0.6) is 0 Å². The molecule has 6 nitrogen and oxygen atoms in total. The first-order valence-electron chi connectivity index (χ1n) is 8.30. The van der Waals surface area contributed by atoms with Crippen LogP contribution in [0.25, 0.3) is 0 Å². The van der Waals surface area contributed by atoms with Gasteiger partial charge in [-0.3, -0.25) is 9.69 Å². The molecule has 0 saturated carbocycles. The molecule has 3 rings (SSSR count). The smallest absolute Gasteiger partial charge is 0.238 e. The fourth-order valence-electron chi connectivity index (χ4n) is 3.34. The van der Waals surface area contributed by atoms with E-state index < -0.39 is 9.84 Å². The first-order valence-corrected chi connectivity index (χ1v) is 10.2.